The van der Waals surface area contributed by atoms with E-state index in [-0.39, 0.29) is 33.9 Å². The van der Waals surface area contributed by atoms with Crippen LogP contribution in [0.2, 0.25) is 0 Å². The van der Waals surface area contributed by atoms with E-state index in [4.69, 9.17) is 5.21 Å². The molecule has 0 atom stereocenters. The molecule has 1 heterocycles. The molecule has 0 unspecified atom stereocenters. The lowest BCUT2D eigenvalue weighted by atomic mass is 9.92. The fourth-order valence-corrected chi connectivity index (χ4v) is 3.84. The first-order chi connectivity index (χ1) is 15.2. The number of hydroxylamine groups is 1. The number of aromatic nitrogens is 2. The number of rotatable bonds is 6. The number of hydrogen-bond acceptors (Lipinski definition) is 4. The molecule has 0 spiro atoms. The molecule has 1 amide bonds. The number of halogens is 1. The van der Waals surface area contributed by atoms with E-state index in [1.54, 1.807) is 4.57 Å². The molecule has 7 heteroatoms. The van der Waals surface area contributed by atoms with Gasteiger partial charge in [-0.1, -0.05) is 52.8 Å². The molecule has 3 aromatic rings. The van der Waals surface area contributed by atoms with Crippen LogP contribution < -0.4 is 11.0 Å². The minimum Gasteiger partial charge on any atom is -0.288 e. The Bertz CT molecular complexity index is 1230. The van der Waals surface area contributed by atoms with Gasteiger partial charge in [-0.3, -0.25) is 19.4 Å². The summed E-state index contributed by atoms with van der Waals surface area (Å²) in [6, 6.07) is 8.64. The zero-order valence-electron chi connectivity index (χ0n) is 18.9. The van der Waals surface area contributed by atoms with Crippen molar-refractivity contribution in [2.75, 3.05) is 0 Å². The van der Waals surface area contributed by atoms with Crippen LogP contribution >= 0.6 is 0 Å². The van der Waals surface area contributed by atoms with Gasteiger partial charge in [0.25, 0.3) is 11.5 Å². The van der Waals surface area contributed by atoms with Crippen LogP contribution in [0.3, 0.4) is 0 Å². The lowest BCUT2D eigenvalue weighted by Crippen LogP contribution is -2.26. The second kappa shape index (κ2) is 9.44. The predicted molar refractivity (Wildman–Crippen MR) is 124 cm³/mol. The molecule has 0 radical (unpaired) electrons. The van der Waals surface area contributed by atoms with E-state index in [1.165, 1.54) is 23.7 Å². The van der Waals surface area contributed by atoms with E-state index < -0.39 is 11.7 Å². The highest BCUT2D eigenvalue weighted by atomic mass is 19.1. The molecule has 3 rings (SSSR count). The molecule has 0 aliphatic rings. The number of benzene rings is 2. The number of para-hydroxylation sites is 1. The van der Waals surface area contributed by atoms with Crippen LogP contribution in [0.1, 0.15) is 69.0 Å². The maximum Gasteiger partial charge on any atom is 0.267 e. The summed E-state index contributed by atoms with van der Waals surface area (Å²) in [6.07, 6.45) is 2.69. The summed E-state index contributed by atoms with van der Waals surface area (Å²) < 4.78 is 16.3. The van der Waals surface area contributed by atoms with E-state index in [9.17, 15) is 14.0 Å². The molecular formula is C25H28FN3O3. The Labute approximate surface area is 186 Å². The van der Waals surface area contributed by atoms with Crippen LogP contribution in [0.4, 0.5) is 4.39 Å². The lowest BCUT2D eigenvalue weighted by molar-refractivity contribution is -0.124. The maximum atomic E-state index is 14.6. The molecule has 6 nitrogen and oxygen atoms in total. The van der Waals surface area contributed by atoms with Crippen molar-refractivity contribution in [1.29, 1.82) is 0 Å². The van der Waals surface area contributed by atoms with Gasteiger partial charge in [0.1, 0.15) is 11.6 Å². The first-order valence-corrected chi connectivity index (χ1v) is 10.7. The van der Waals surface area contributed by atoms with Crippen LogP contribution in [0.15, 0.2) is 41.2 Å². The summed E-state index contributed by atoms with van der Waals surface area (Å²) in [5.41, 5.74) is 4.39. The van der Waals surface area contributed by atoms with Crippen molar-refractivity contribution in [2.45, 2.75) is 52.9 Å². The van der Waals surface area contributed by atoms with Crippen molar-refractivity contribution in [3.05, 3.63) is 75.1 Å². The molecule has 0 fully saturated rings. The molecular weight excluding hydrogens is 409 g/mol. The highest BCUT2D eigenvalue weighted by Gasteiger charge is 2.21. The number of fused-ring (bicyclic) bond motifs is 1. The van der Waals surface area contributed by atoms with Crippen molar-refractivity contribution in [2.24, 2.45) is 0 Å². The summed E-state index contributed by atoms with van der Waals surface area (Å²) in [4.78, 5) is 29.7. The Morgan fingerprint density at radius 2 is 1.81 bits per heavy atom. The summed E-state index contributed by atoms with van der Waals surface area (Å²) in [6.45, 7) is 10.2. The van der Waals surface area contributed by atoms with Gasteiger partial charge in [0.15, 0.2) is 0 Å². The number of nitrogens with one attached hydrogen (secondary N) is 1. The van der Waals surface area contributed by atoms with Gasteiger partial charge >= 0.3 is 0 Å². The van der Waals surface area contributed by atoms with Crippen molar-refractivity contribution in [3.8, 4) is 5.69 Å². The molecule has 0 saturated heterocycles. The van der Waals surface area contributed by atoms with Gasteiger partial charge in [-0.05, 0) is 35.1 Å². The van der Waals surface area contributed by atoms with E-state index in [2.05, 4.69) is 32.7 Å². The molecule has 1 aromatic heterocycles. The number of carbonyl (C=O) groups excluding carboxylic acids is 1. The van der Waals surface area contributed by atoms with Gasteiger partial charge in [-0.25, -0.2) is 14.9 Å². The predicted octanol–water partition coefficient (Wildman–Crippen LogP) is 4.85. The SMILES string of the molecule is CCc1nc2cc(F)c(/C=C/C(=O)NO)cc2c(=O)n1-c1c(C(C)C)cccc1C(C)C. The van der Waals surface area contributed by atoms with Crippen LogP contribution in [0, 0.1) is 5.82 Å². The molecule has 0 aliphatic heterocycles. The Morgan fingerprint density at radius 1 is 1.19 bits per heavy atom. The summed E-state index contributed by atoms with van der Waals surface area (Å²) >= 11 is 0. The number of nitrogens with zero attached hydrogens (tertiary/aromatic N) is 2. The third-order valence-electron chi connectivity index (χ3n) is 5.46. The number of carbonyl (C=O) groups is 1. The summed E-state index contributed by atoms with van der Waals surface area (Å²) in [5, 5.41) is 8.90. The molecule has 2 N–H and O–H groups in total. The monoisotopic (exact) mass is 437 g/mol. The molecule has 0 bridgehead atoms. The third-order valence-corrected chi connectivity index (χ3v) is 5.46. The molecule has 0 saturated carbocycles. The third kappa shape index (κ3) is 4.34. The van der Waals surface area contributed by atoms with E-state index >= 15 is 0 Å². The average Bonchev–Trinajstić information content (AvgIpc) is 2.76. The van der Waals surface area contributed by atoms with Crippen molar-refractivity contribution in [3.63, 3.8) is 0 Å². The van der Waals surface area contributed by atoms with Crippen molar-refractivity contribution in [1.82, 2.24) is 15.0 Å². The molecule has 2 aromatic carbocycles. The summed E-state index contributed by atoms with van der Waals surface area (Å²) in [7, 11) is 0. The largest absolute Gasteiger partial charge is 0.288 e. The fourth-order valence-electron chi connectivity index (χ4n) is 3.84. The average molecular weight is 438 g/mol. The van der Waals surface area contributed by atoms with Crippen LogP contribution in [0.5, 0.6) is 0 Å². The normalized spacial score (nSPS) is 11.8. The zero-order chi connectivity index (χ0) is 23.6. The quantitative estimate of drug-likeness (QED) is 0.328. The van der Waals surface area contributed by atoms with Crippen molar-refractivity contribution < 1.29 is 14.4 Å². The Kier molecular flexibility index (Phi) is 6.89. The Morgan fingerprint density at radius 3 is 2.34 bits per heavy atom. The smallest absolute Gasteiger partial charge is 0.267 e. The Balaban J connectivity index is 2.40. The topological polar surface area (TPSA) is 84.2 Å². The standard InChI is InChI=1S/C25H28FN3O3/c1-6-22-27-21-13-20(26)16(10-11-23(30)28-32)12-19(21)25(31)29(22)24-17(14(2)3)8-7-9-18(24)15(4)5/h7-15,32H,6H2,1-5H3,(H,28,30)/b11-10+. The highest BCUT2D eigenvalue weighted by Crippen LogP contribution is 2.31. The molecule has 168 valence electrons. The van der Waals surface area contributed by atoms with E-state index in [0.29, 0.717) is 12.2 Å². The first kappa shape index (κ1) is 23.3. The zero-order valence-corrected chi connectivity index (χ0v) is 18.9. The number of hydrogen-bond donors (Lipinski definition) is 2. The highest BCUT2D eigenvalue weighted by molar-refractivity contribution is 5.91. The number of aryl methyl sites for hydroxylation is 1. The van der Waals surface area contributed by atoms with Crippen LogP contribution in [0.25, 0.3) is 22.7 Å². The van der Waals surface area contributed by atoms with Crippen LogP contribution in [-0.4, -0.2) is 20.7 Å². The maximum absolute atomic E-state index is 14.6. The van der Waals surface area contributed by atoms with Gasteiger partial charge in [-0.2, -0.15) is 0 Å². The van der Waals surface area contributed by atoms with Crippen molar-refractivity contribution >= 4 is 22.9 Å². The van der Waals surface area contributed by atoms with Gasteiger partial charge in [0, 0.05) is 24.1 Å². The first-order valence-electron chi connectivity index (χ1n) is 10.7. The minimum absolute atomic E-state index is 0.0528. The Hall–Kier alpha value is -3.32. The van der Waals surface area contributed by atoms with E-state index in [1.807, 2.05) is 25.1 Å². The van der Waals surface area contributed by atoms with Gasteiger partial charge in [0.2, 0.25) is 0 Å². The van der Waals surface area contributed by atoms with Crippen LogP contribution in [-0.2, 0) is 11.2 Å². The number of amides is 1. The second-order valence-electron chi connectivity index (χ2n) is 8.32. The molecule has 0 aliphatic carbocycles. The second-order valence-corrected chi connectivity index (χ2v) is 8.32. The lowest BCUT2D eigenvalue weighted by Gasteiger charge is -2.23. The van der Waals surface area contributed by atoms with E-state index in [0.717, 1.165) is 22.9 Å². The summed E-state index contributed by atoms with van der Waals surface area (Å²) in [5.74, 6) is -0.496. The van der Waals surface area contributed by atoms with Gasteiger partial charge in [-0.15, -0.1) is 0 Å². The molecule has 32 heavy (non-hydrogen) atoms. The van der Waals surface area contributed by atoms with Gasteiger partial charge < -0.3 is 0 Å². The van der Waals surface area contributed by atoms with Gasteiger partial charge in [0.05, 0.1) is 16.6 Å². The minimum atomic E-state index is -0.797. The fraction of sp³-hybridized carbons (Fsp3) is 0.320.